The first-order chi connectivity index (χ1) is 3.00. The van der Waals surface area contributed by atoms with Gasteiger partial charge in [0.25, 0.3) is 0 Å². The summed E-state index contributed by atoms with van der Waals surface area (Å²) in [6.45, 7) is 1.08. The molecule has 0 fully saturated rings. The maximum absolute atomic E-state index is 3.23. The molecule has 0 aromatic carbocycles. The quantitative estimate of drug-likeness (QED) is 0.350. The van der Waals surface area contributed by atoms with E-state index in [1.54, 1.807) is 0 Å². The van der Waals surface area contributed by atoms with Gasteiger partial charge in [-0.3, -0.25) is 5.09 Å². The molecule has 0 bridgehead atoms. The highest BCUT2D eigenvalue weighted by Gasteiger charge is 1.84. The van der Waals surface area contributed by atoms with Crippen LogP contribution in [0.3, 0.4) is 0 Å². The van der Waals surface area contributed by atoms with E-state index < -0.39 is 0 Å². The Kier molecular flexibility index (Phi) is 1.67. The number of hydrogen-bond acceptors (Lipinski definition) is 1. The molecule has 1 unspecified atom stereocenters. The Balaban J connectivity index is 2.26. The number of allylic oxidation sites excluding steroid dienone is 1. The molecule has 1 rings (SSSR count). The predicted octanol–water partition coefficient (Wildman–Crippen LogP) is 0.739. The van der Waals surface area contributed by atoms with Crippen molar-refractivity contribution in [3.63, 3.8) is 0 Å². The lowest BCUT2D eigenvalue weighted by molar-refractivity contribution is 1.10. The van der Waals surface area contributed by atoms with Crippen LogP contribution in [0.1, 0.15) is 0 Å². The Bertz CT molecular complexity index is 52.6. The van der Waals surface area contributed by atoms with Gasteiger partial charge in [0.1, 0.15) is 0 Å². The highest BCUT2D eigenvalue weighted by molar-refractivity contribution is 7.35. The van der Waals surface area contributed by atoms with Crippen LogP contribution < -0.4 is 5.09 Å². The molecule has 1 aliphatic heterocycles. The van der Waals surface area contributed by atoms with Crippen molar-refractivity contribution in [1.82, 2.24) is 5.09 Å². The molecular formula is C4H8NP. The number of nitrogens with one attached hydrogen (secondary N) is 1. The normalized spacial score (nSPS) is 25.3. The number of hydrogen-bond donors (Lipinski definition) is 1. The van der Waals surface area contributed by atoms with Crippen molar-refractivity contribution in [3.05, 3.63) is 12.2 Å². The summed E-state index contributed by atoms with van der Waals surface area (Å²) in [5, 5.41) is 3.23. The summed E-state index contributed by atoms with van der Waals surface area (Å²) in [6, 6.07) is 0. The predicted molar refractivity (Wildman–Crippen MR) is 30.3 cm³/mol. The molecule has 1 nitrogen and oxygen atoms in total. The van der Waals surface area contributed by atoms with Gasteiger partial charge >= 0.3 is 0 Å². The van der Waals surface area contributed by atoms with Gasteiger partial charge in [0, 0.05) is 6.54 Å². The van der Waals surface area contributed by atoms with Crippen molar-refractivity contribution < 1.29 is 0 Å². The fourth-order valence-corrected chi connectivity index (χ4v) is 1.12. The SMILES string of the molecule is C1=CCPNC1. The van der Waals surface area contributed by atoms with E-state index in [2.05, 4.69) is 17.2 Å². The van der Waals surface area contributed by atoms with E-state index in [1.165, 1.54) is 6.16 Å². The average Bonchev–Trinajstić information content (AvgIpc) is 1.72. The molecule has 0 spiro atoms. The van der Waals surface area contributed by atoms with Gasteiger partial charge in [-0.05, 0) is 14.9 Å². The summed E-state index contributed by atoms with van der Waals surface area (Å²) < 4.78 is 0. The topological polar surface area (TPSA) is 12.0 Å². The molecule has 1 atom stereocenters. The summed E-state index contributed by atoms with van der Waals surface area (Å²) in [6.07, 6.45) is 5.62. The fourth-order valence-electron chi connectivity index (χ4n) is 0.429. The van der Waals surface area contributed by atoms with Crippen molar-refractivity contribution in [1.29, 1.82) is 0 Å². The minimum Gasteiger partial charge on any atom is -0.294 e. The van der Waals surface area contributed by atoms with Crippen molar-refractivity contribution in [2.45, 2.75) is 0 Å². The summed E-state index contributed by atoms with van der Waals surface area (Å²) in [5.74, 6) is 0. The second kappa shape index (κ2) is 2.33. The molecule has 2 heteroatoms. The van der Waals surface area contributed by atoms with Crippen molar-refractivity contribution >= 4 is 8.73 Å². The van der Waals surface area contributed by atoms with Crippen LogP contribution in [-0.2, 0) is 0 Å². The van der Waals surface area contributed by atoms with Gasteiger partial charge in [-0.2, -0.15) is 0 Å². The molecular weight excluding hydrogens is 93.0 g/mol. The first kappa shape index (κ1) is 4.29. The third-order valence-corrected chi connectivity index (χ3v) is 1.63. The van der Waals surface area contributed by atoms with Gasteiger partial charge in [0.15, 0.2) is 0 Å². The van der Waals surface area contributed by atoms with Crippen LogP contribution in [0.15, 0.2) is 12.2 Å². The summed E-state index contributed by atoms with van der Waals surface area (Å²) >= 11 is 0. The van der Waals surface area contributed by atoms with Crippen LogP contribution in [0.25, 0.3) is 0 Å². The second-order valence-electron chi connectivity index (χ2n) is 1.23. The lowest BCUT2D eigenvalue weighted by Crippen LogP contribution is -2.04. The maximum Gasteiger partial charge on any atom is 0.0169 e. The molecule has 1 heterocycles. The molecule has 0 amide bonds. The first-order valence-electron chi connectivity index (χ1n) is 2.11. The van der Waals surface area contributed by atoms with Crippen LogP contribution in [-0.4, -0.2) is 12.7 Å². The van der Waals surface area contributed by atoms with E-state index in [9.17, 15) is 0 Å². The standard InChI is InChI=1S/C4H8NP/c1-2-4-6-5-3-1/h1-2,5-6H,3-4H2. The van der Waals surface area contributed by atoms with E-state index >= 15 is 0 Å². The Morgan fingerprint density at radius 3 is 2.67 bits per heavy atom. The van der Waals surface area contributed by atoms with Crippen LogP contribution >= 0.6 is 8.73 Å². The highest BCUT2D eigenvalue weighted by atomic mass is 31.1. The zero-order chi connectivity index (χ0) is 4.24. The first-order valence-corrected chi connectivity index (χ1v) is 3.31. The Morgan fingerprint density at radius 1 is 1.50 bits per heavy atom. The Labute approximate surface area is 39.7 Å². The van der Waals surface area contributed by atoms with Crippen LogP contribution in [0.2, 0.25) is 0 Å². The van der Waals surface area contributed by atoms with E-state index in [4.69, 9.17) is 0 Å². The summed E-state index contributed by atoms with van der Waals surface area (Å²) in [4.78, 5) is 0. The highest BCUT2D eigenvalue weighted by Crippen LogP contribution is 2.05. The lowest BCUT2D eigenvalue weighted by atomic mass is 10.5. The zero-order valence-electron chi connectivity index (χ0n) is 3.57. The van der Waals surface area contributed by atoms with Gasteiger partial charge in [0.05, 0.1) is 0 Å². The zero-order valence-corrected chi connectivity index (χ0v) is 4.57. The van der Waals surface area contributed by atoms with E-state index in [0.29, 0.717) is 0 Å². The van der Waals surface area contributed by atoms with Gasteiger partial charge in [0.2, 0.25) is 0 Å². The van der Waals surface area contributed by atoms with Crippen molar-refractivity contribution in [3.8, 4) is 0 Å². The van der Waals surface area contributed by atoms with Crippen LogP contribution in [0.5, 0.6) is 0 Å². The Hall–Kier alpha value is 0.130. The van der Waals surface area contributed by atoms with Gasteiger partial charge < -0.3 is 0 Å². The summed E-state index contributed by atoms with van der Waals surface area (Å²) in [7, 11) is 0.965. The lowest BCUT2D eigenvalue weighted by Gasteiger charge is -2.01. The van der Waals surface area contributed by atoms with Crippen molar-refractivity contribution in [2.24, 2.45) is 0 Å². The second-order valence-corrected chi connectivity index (χ2v) is 2.35. The molecule has 34 valence electrons. The smallest absolute Gasteiger partial charge is 0.0169 e. The van der Waals surface area contributed by atoms with Gasteiger partial charge in [-0.25, -0.2) is 0 Å². The van der Waals surface area contributed by atoms with E-state index in [1.807, 2.05) is 0 Å². The largest absolute Gasteiger partial charge is 0.294 e. The third-order valence-electron chi connectivity index (χ3n) is 0.731. The van der Waals surface area contributed by atoms with Crippen LogP contribution in [0.4, 0.5) is 0 Å². The van der Waals surface area contributed by atoms with E-state index in [-0.39, 0.29) is 0 Å². The maximum atomic E-state index is 3.23. The molecule has 0 aliphatic carbocycles. The summed E-state index contributed by atoms with van der Waals surface area (Å²) in [5.41, 5.74) is 0. The Morgan fingerprint density at radius 2 is 2.50 bits per heavy atom. The molecule has 0 aromatic heterocycles. The molecule has 0 saturated heterocycles. The molecule has 1 aliphatic rings. The number of rotatable bonds is 0. The fraction of sp³-hybridized carbons (Fsp3) is 0.500. The molecule has 0 saturated carbocycles. The minimum atomic E-state index is 0.965. The minimum absolute atomic E-state index is 0.965. The van der Waals surface area contributed by atoms with Gasteiger partial charge in [-0.15, -0.1) is 0 Å². The molecule has 6 heavy (non-hydrogen) atoms. The average molecular weight is 101 g/mol. The van der Waals surface area contributed by atoms with Gasteiger partial charge in [-0.1, -0.05) is 12.2 Å². The van der Waals surface area contributed by atoms with E-state index in [0.717, 1.165) is 15.3 Å². The molecule has 0 radical (unpaired) electrons. The molecule has 1 N–H and O–H groups in total. The van der Waals surface area contributed by atoms with Crippen LogP contribution in [0, 0.1) is 0 Å². The monoisotopic (exact) mass is 101 g/mol. The third kappa shape index (κ3) is 1.08. The molecule has 0 aromatic rings. The van der Waals surface area contributed by atoms with Crippen molar-refractivity contribution in [2.75, 3.05) is 12.7 Å².